The molecule has 0 heterocycles. The maximum Gasteiger partial charge on any atom is 0.0102 e. The van der Waals surface area contributed by atoms with Gasteiger partial charge in [0.25, 0.3) is 0 Å². The normalized spacial score (nSPS) is 16.2. The molecule has 0 aliphatic carbocycles. The van der Waals surface area contributed by atoms with Gasteiger partial charge in [0.2, 0.25) is 0 Å². The van der Waals surface area contributed by atoms with Crippen LogP contribution in [0.3, 0.4) is 0 Å². The van der Waals surface area contributed by atoms with Crippen LogP contribution in [0.2, 0.25) is 0 Å². The Morgan fingerprint density at radius 2 is 1.82 bits per heavy atom. The predicted molar refractivity (Wildman–Crippen MR) is 82.0 cm³/mol. The van der Waals surface area contributed by atoms with Gasteiger partial charge in [-0.25, -0.2) is 0 Å². The third-order valence-electron chi connectivity index (χ3n) is 3.33. The Morgan fingerprint density at radius 3 is 2.29 bits per heavy atom. The van der Waals surface area contributed by atoms with E-state index in [1.54, 1.807) is 0 Å². The topological polar surface area (TPSA) is 15.3 Å². The van der Waals surface area contributed by atoms with E-state index in [1.165, 1.54) is 18.7 Å². The van der Waals surface area contributed by atoms with Crippen LogP contribution < -0.4 is 5.32 Å². The third kappa shape index (κ3) is 8.92. The van der Waals surface area contributed by atoms with Crippen molar-refractivity contribution in [2.45, 2.75) is 52.6 Å². The molecule has 0 rings (SSSR count). The van der Waals surface area contributed by atoms with E-state index in [1.807, 2.05) is 11.8 Å². The summed E-state index contributed by atoms with van der Waals surface area (Å²) in [6.45, 7) is 13.7. The van der Waals surface area contributed by atoms with E-state index in [4.69, 9.17) is 0 Å². The van der Waals surface area contributed by atoms with Gasteiger partial charge in [-0.15, -0.1) is 0 Å². The first-order valence-corrected chi connectivity index (χ1v) is 8.11. The van der Waals surface area contributed by atoms with Crippen molar-refractivity contribution in [1.82, 2.24) is 10.2 Å². The SMILES string of the molecule is CSCCCN(C)C(C)C(C)CNC(C)(C)C. The molecule has 0 saturated heterocycles. The highest BCUT2D eigenvalue weighted by atomic mass is 32.2. The summed E-state index contributed by atoms with van der Waals surface area (Å²) >= 11 is 1.94. The summed E-state index contributed by atoms with van der Waals surface area (Å²) in [7, 11) is 2.25. The van der Waals surface area contributed by atoms with Gasteiger partial charge in [0, 0.05) is 11.6 Å². The van der Waals surface area contributed by atoms with E-state index in [9.17, 15) is 0 Å². The summed E-state index contributed by atoms with van der Waals surface area (Å²) in [5.74, 6) is 1.96. The summed E-state index contributed by atoms with van der Waals surface area (Å²) in [5.41, 5.74) is 0.228. The first-order chi connectivity index (χ1) is 7.78. The van der Waals surface area contributed by atoms with E-state index >= 15 is 0 Å². The van der Waals surface area contributed by atoms with Crippen LogP contribution in [-0.2, 0) is 0 Å². The summed E-state index contributed by atoms with van der Waals surface area (Å²) in [5, 5.41) is 3.59. The second kappa shape index (κ2) is 8.39. The van der Waals surface area contributed by atoms with Crippen molar-refractivity contribution < 1.29 is 0 Å². The van der Waals surface area contributed by atoms with E-state index in [-0.39, 0.29) is 5.54 Å². The van der Waals surface area contributed by atoms with E-state index in [0.717, 1.165) is 6.54 Å². The summed E-state index contributed by atoms with van der Waals surface area (Å²) in [6.07, 6.45) is 3.47. The summed E-state index contributed by atoms with van der Waals surface area (Å²) in [6, 6.07) is 0.645. The van der Waals surface area contributed by atoms with Gasteiger partial charge < -0.3 is 10.2 Å². The van der Waals surface area contributed by atoms with Gasteiger partial charge in [-0.3, -0.25) is 0 Å². The minimum absolute atomic E-state index is 0.228. The predicted octanol–water partition coefficient (Wildman–Crippen LogP) is 3.08. The van der Waals surface area contributed by atoms with Gasteiger partial charge in [0.1, 0.15) is 0 Å². The number of nitrogens with zero attached hydrogens (tertiary/aromatic N) is 1. The molecule has 0 fully saturated rings. The van der Waals surface area contributed by atoms with Gasteiger partial charge in [-0.05, 0) is 72.2 Å². The standard InChI is InChI=1S/C14H32N2S/c1-12(11-15-14(3,4)5)13(2)16(6)9-8-10-17-7/h12-13,15H,8-11H2,1-7H3. The molecule has 0 aliphatic rings. The van der Waals surface area contributed by atoms with Gasteiger partial charge in [-0.2, -0.15) is 11.8 Å². The van der Waals surface area contributed by atoms with Crippen molar-refractivity contribution in [1.29, 1.82) is 0 Å². The van der Waals surface area contributed by atoms with Crippen molar-refractivity contribution in [3.05, 3.63) is 0 Å². The molecule has 0 bridgehead atoms. The van der Waals surface area contributed by atoms with Gasteiger partial charge in [0.15, 0.2) is 0 Å². The van der Waals surface area contributed by atoms with Crippen LogP contribution in [0.25, 0.3) is 0 Å². The fraction of sp³-hybridized carbons (Fsp3) is 1.00. The average molecular weight is 260 g/mol. The highest BCUT2D eigenvalue weighted by Gasteiger charge is 2.18. The Labute approximate surface area is 113 Å². The monoisotopic (exact) mass is 260 g/mol. The lowest BCUT2D eigenvalue weighted by Crippen LogP contribution is -2.44. The summed E-state index contributed by atoms with van der Waals surface area (Å²) < 4.78 is 0. The van der Waals surface area contributed by atoms with Crippen molar-refractivity contribution in [3.63, 3.8) is 0 Å². The molecule has 3 heteroatoms. The molecule has 17 heavy (non-hydrogen) atoms. The Hall–Kier alpha value is 0.270. The van der Waals surface area contributed by atoms with Crippen LogP contribution in [-0.4, -0.2) is 48.6 Å². The van der Waals surface area contributed by atoms with Crippen LogP contribution in [0.4, 0.5) is 0 Å². The Balaban J connectivity index is 3.89. The maximum absolute atomic E-state index is 3.59. The fourth-order valence-corrected chi connectivity index (χ4v) is 2.15. The molecule has 0 saturated carbocycles. The molecule has 2 nitrogen and oxygen atoms in total. The number of thioether (sulfide) groups is 1. The third-order valence-corrected chi connectivity index (χ3v) is 4.03. The number of rotatable bonds is 8. The molecule has 0 aromatic carbocycles. The van der Waals surface area contributed by atoms with E-state index in [0.29, 0.717) is 12.0 Å². The zero-order chi connectivity index (χ0) is 13.5. The van der Waals surface area contributed by atoms with E-state index < -0.39 is 0 Å². The molecule has 0 spiro atoms. The fourth-order valence-electron chi connectivity index (χ4n) is 1.73. The van der Waals surface area contributed by atoms with Crippen molar-refractivity contribution in [3.8, 4) is 0 Å². The Morgan fingerprint density at radius 1 is 1.24 bits per heavy atom. The first-order valence-electron chi connectivity index (χ1n) is 6.72. The van der Waals surface area contributed by atoms with Crippen LogP contribution in [0, 0.1) is 5.92 Å². The Kier molecular flexibility index (Phi) is 8.52. The number of hydrogen-bond donors (Lipinski definition) is 1. The highest BCUT2D eigenvalue weighted by molar-refractivity contribution is 7.98. The van der Waals surface area contributed by atoms with Crippen LogP contribution in [0.1, 0.15) is 41.0 Å². The lowest BCUT2D eigenvalue weighted by Gasteiger charge is -2.32. The molecule has 0 aliphatic heterocycles. The van der Waals surface area contributed by atoms with Crippen molar-refractivity contribution in [2.75, 3.05) is 32.1 Å². The molecule has 0 amide bonds. The molecule has 0 radical (unpaired) electrons. The summed E-state index contributed by atoms with van der Waals surface area (Å²) in [4.78, 5) is 2.49. The molecular weight excluding hydrogens is 228 g/mol. The first kappa shape index (κ1) is 17.3. The lowest BCUT2D eigenvalue weighted by atomic mass is 10.00. The minimum Gasteiger partial charge on any atom is -0.312 e. The minimum atomic E-state index is 0.228. The molecule has 0 aromatic rings. The quantitative estimate of drug-likeness (QED) is 0.675. The molecule has 2 atom stereocenters. The number of hydrogen-bond acceptors (Lipinski definition) is 3. The highest BCUT2D eigenvalue weighted by Crippen LogP contribution is 2.11. The second-order valence-corrected chi connectivity index (χ2v) is 7.16. The van der Waals surface area contributed by atoms with Gasteiger partial charge >= 0.3 is 0 Å². The van der Waals surface area contributed by atoms with Gasteiger partial charge in [0.05, 0.1) is 0 Å². The van der Waals surface area contributed by atoms with Gasteiger partial charge in [-0.1, -0.05) is 6.92 Å². The molecule has 1 N–H and O–H groups in total. The molecule has 2 unspecified atom stereocenters. The Bertz CT molecular complexity index is 189. The van der Waals surface area contributed by atoms with Crippen LogP contribution in [0.15, 0.2) is 0 Å². The number of nitrogens with one attached hydrogen (secondary N) is 1. The molecule has 0 aromatic heterocycles. The van der Waals surface area contributed by atoms with Crippen LogP contribution in [0.5, 0.6) is 0 Å². The molecular formula is C14H32N2S. The lowest BCUT2D eigenvalue weighted by molar-refractivity contribution is 0.190. The largest absolute Gasteiger partial charge is 0.312 e. The van der Waals surface area contributed by atoms with Crippen LogP contribution >= 0.6 is 11.8 Å². The van der Waals surface area contributed by atoms with Crippen molar-refractivity contribution >= 4 is 11.8 Å². The average Bonchev–Trinajstić information content (AvgIpc) is 2.24. The zero-order valence-electron chi connectivity index (χ0n) is 12.8. The smallest absolute Gasteiger partial charge is 0.0102 e. The molecule has 104 valence electrons. The zero-order valence-corrected chi connectivity index (χ0v) is 13.7. The van der Waals surface area contributed by atoms with E-state index in [2.05, 4.69) is 58.1 Å². The second-order valence-electron chi connectivity index (χ2n) is 6.18. The maximum atomic E-state index is 3.59. The van der Waals surface area contributed by atoms with Crippen molar-refractivity contribution in [2.24, 2.45) is 5.92 Å².